The fourth-order valence-electron chi connectivity index (χ4n) is 1.59. The Labute approximate surface area is 107 Å². The van der Waals surface area contributed by atoms with Gasteiger partial charge in [-0.05, 0) is 36.6 Å². The first kappa shape index (κ1) is 14.9. The Kier molecular flexibility index (Phi) is 7.24. The van der Waals surface area contributed by atoms with Gasteiger partial charge in [0.25, 0.3) is 0 Å². The highest BCUT2D eigenvalue weighted by molar-refractivity contribution is 9.10. The molecule has 0 unspecified atom stereocenters. The highest BCUT2D eigenvalue weighted by Gasteiger charge is 2.08. The van der Waals surface area contributed by atoms with E-state index in [1.807, 2.05) is 0 Å². The van der Waals surface area contributed by atoms with E-state index in [0.717, 1.165) is 10.9 Å². The van der Waals surface area contributed by atoms with Crippen molar-refractivity contribution in [1.82, 2.24) is 0 Å². The molecule has 86 valence electrons. The van der Waals surface area contributed by atoms with Crippen molar-refractivity contribution in [2.75, 3.05) is 0 Å². The first-order chi connectivity index (χ1) is 6.65. The van der Waals surface area contributed by atoms with Crippen LogP contribution in [-0.2, 0) is 0 Å². The highest BCUT2D eigenvalue weighted by Crippen LogP contribution is 2.23. The average molecular weight is 293 g/mol. The lowest BCUT2D eigenvalue weighted by Gasteiger charge is -2.14. The maximum absolute atomic E-state index is 6.13. The van der Waals surface area contributed by atoms with Gasteiger partial charge in [-0.2, -0.15) is 0 Å². The molecular formula is C12H19BrClN. The van der Waals surface area contributed by atoms with Crippen LogP contribution in [-0.4, -0.2) is 0 Å². The molecule has 0 aromatic heterocycles. The topological polar surface area (TPSA) is 26.0 Å². The van der Waals surface area contributed by atoms with E-state index >= 15 is 0 Å². The van der Waals surface area contributed by atoms with Crippen LogP contribution >= 0.6 is 28.3 Å². The van der Waals surface area contributed by atoms with Gasteiger partial charge in [0, 0.05) is 10.5 Å². The van der Waals surface area contributed by atoms with E-state index < -0.39 is 0 Å². The summed E-state index contributed by atoms with van der Waals surface area (Å²) in [5, 5.41) is 0. The first-order valence-electron chi connectivity index (χ1n) is 5.16. The number of hydrogen-bond acceptors (Lipinski definition) is 1. The second-order valence-corrected chi connectivity index (χ2v) is 4.67. The zero-order chi connectivity index (χ0) is 10.6. The predicted molar refractivity (Wildman–Crippen MR) is 72.6 cm³/mol. The van der Waals surface area contributed by atoms with Crippen LogP contribution in [0.2, 0.25) is 0 Å². The molecule has 0 bridgehead atoms. The Morgan fingerprint density at radius 1 is 1.40 bits per heavy atom. The Morgan fingerprint density at radius 2 is 2.07 bits per heavy atom. The van der Waals surface area contributed by atoms with Gasteiger partial charge in [-0.3, -0.25) is 0 Å². The van der Waals surface area contributed by atoms with Crippen LogP contribution in [0, 0.1) is 6.92 Å². The molecule has 2 N–H and O–H groups in total. The molecule has 0 aliphatic rings. The maximum atomic E-state index is 6.13. The van der Waals surface area contributed by atoms with Crippen molar-refractivity contribution in [2.45, 2.75) is 39.2 Å². The lowest BCUT2D eigenvalue weighted by molar-refractivity contribution is 0.601. The monoisotopic (exact) mass is 291 g/mol. The van der Waals surface area contributed by atoms with Crippen molar-refractivity contribution < 1.29 is 0 Å². The number of benzene rings is 1. The molecule has 1 nitrogen and oxygen atoms in total. The zero-order valence-corrected chi connectivity index (χ0v) is 11.7. The van der Waals surface area contributed by atoms with Crippen LogP contribution in [0.4, 0.5) is 0 Å². The van der Waals surface area contributed by atoms with Gasteiger partial charge in [-0.25, -0.2) is 0 Å². The van der Waals surface area contributed by atoms with Gasteiger partial charge >= 0.3 is 0 Å². The summed E-state index contributed by atoms with van der Waals surface area (Å²) in [7, 11) is 0. The van der Waals surface area contributed by atoms with Crippen LogP contribution in [0.15, 0.2) is 22.7 Å². The van der Waals surface area contributed by atoms with Gasteiger partial charge in [-0.1, -0.05) is 41.8 Å². The van der Waals surface area contributed by atoms with E-state index in [1.165, 1.54) is 24.0 Å². The first-order valence-corrected chi connectivity index (χ1v) is 5.96. The number of nitrogens with two attached hydrogens (primary N) is 1. The second-order valence-electron chi connectivity index (χ2n) is 3.75. The van der Waals surface area contributed by atoms with Crippen molar-refractivity contribution in [3.63, 3.8) is 0 Å². The molecule has 0 aliphatic heterocycles. The lowest BCUT2D eigenvalue weighted by Crippen LogP contribution is -2.11. The van der Waals surface area contributed by atoms with Crippen molar-refractivity contribution in [3.8, 4) is 0 Å². The van der Waals surface area contributed by atoms with E-state index in [-0.39, 0.29) is 18.4 Å². The summed E-state index contributed by atoms with van der Waals surface area (Å²) in [6.07, 6.45) is 3.49. The van der Waals surface area contributed by atoms with Crippen LogP contribution in [0.1, 0.15) is 43.4 Å². The van der Waals surface area contributed by atoms with E-state index in [4.69, 9.17) is 5.73 Å². The van der Waals surface area contributed by atoms with E-state index in [2.05, 4.69) is 48.0 Å². The third kappa shape index (κ3) is 4.54. The summed E-state index contributed by atoms with van der Waals surface area (Å²) in [6, 6.07) is 6.50. The molecule has 15 heavy (non-hydrogen) atoms. The minimum absolute atomic E-state index is 0. The molecule has 1 rings (SSSR count). The molecular weight excluding hydrogens is 273 g/mol. The Hall–Kier alpha value is -0.0500. The molecule has 1 aromatic carbocycles. The molecule has 0 fully saturated rings. The van der Waals surface area contributed by atoms with Crippen molar-refractivity contribution in [2.24, 2.45) is 5.73 Å². The zero-order valence-electron chi connectivity index (χ0n) is 9.29. The van der Waals surface area contributed by atoms with Gasteiger partial charge in [0.1, 0.15) is 0 Å². The van der Waals surface area contributed by atoms with Gasteiger partial charge in [0.2, 0.25) is 0 Å². The molecule has 0 amide bonds. The Morgan fingerprint density at radius 3 is 2.67 bits per heavy atom. The van der Waals surface area contributed by atoms with E-state index in [0.29, 0.717) is 0 Å². The van der Waals surface area contributed by atoms with E-state index in [1.54, 1.807) is 0 Å². The second kappa shape index (κ2) is 7.26. The minimum atomic E-state index is 0. The van der Waals surface area contributed by atoms with Crippen LogP contribution in [0.5, 0.6) is 0 Å². The van der Waals surface area contributed by atoms with Crippen molar-refractivity contribution >= 4 is 28.3 Å². The number of unbranched alkanes of at least 4 members (excludes halogenated alkanes) is 1. The fourth-order valence-corrected chi connectivity index (χ4v) is 1.97. The third-order valence-electron chi connectivity index (χ3n) is 2.51. The van der Waals surface area contributed by atoms with Gasteiger partial charge in [0.15, 0.2) is 0 Å². The normalized spacial score (nSPS) is 12.0. The fraction of sp³-hybridized carbons (Fsp3) is 0.500. The number of aryl methyl sites for hydroxylation is 1. The average Bonchev–Trinajstić information content (AvgIpc) is 2.18. The Balaban J connectivity index is 0.00000196. The number of halogens is 2. The lowest BCUT2D eigenvalue weighted by atomic mass is 9.98. The standard InChI is InChI=1S/C12H18BrN.ClH/c1-3-4-5-12(14)11-8-10(13)7-6-9(11)2;/h6-8,12H,3-5,14H2,1-2H3;1H/t12-;/m0./s1. The van der Waals surface area contributed by atoms with Crippen molar-refractivity contribution in [1.29, 1.82) is 0 Å². The highest BCUT2D eigenvalue weighted by atomic mass is 79.9. The van der Waals surface area contributed by atoms with Gasteiger partial charge in [0.05, 0.1) is 0 Å². The summed E-state index contributed by atoms with van der Waals surface area (Å²) < 4.78 is 1.12. The molecule has 1 atom stereocenters. The SMILES string of the molecule is CCCC[C@H](N)c1cc(Br)ccc1C.Cl. The molecule has 1 aromatic rings. The molecule has 0 heterocycles. The minimum Gasteiger partial charge on any atom is -0.324 e. The quantitative estimate of drug-likeness (QED) is 0.876. The van der Waals surface area contributed by atoms with Crippen LogP contribution in [0.25, 0.3) is 0 Å². The van der Waals surface area contributed by atoms with Gasteiger partial charge < -0.3 is 5.73 Å². The van der Waals surface area contributed by atoms with Gasteiger partial charge in [-0.15, -0.1) is 12.4 Å². The summed E-state index contributed by atoms with van der Waals surface area (Å²) >= 11 is 3.48. The maximum Gasteiger partial charge on any atom is 0.0297 e. The van der Waals surface area contributed by atoms with E-state index in [9.17, 15) is 0 Å². The summed E-state index contributed by atoms with van der Waals surface area (Å²) in [5.74, 6) is 0. The molecule has 0 saturated heterocycles. The molecule has 0 radical (unpaired) electrons. The van der Waals surface area contributed by atoms with Crippen LogP contribution in [0.3, 0.4) is 0 Å². The largest absolute Gasteiger partial charge is 0.324 e. The molecule has 0 saturated carbocycles. The van der Waals surface area contributed by atoms with Crippen molar-refractivity contribution in [3.05, 3.63) is 33.8 Å². The smallest absolute Gasteiger partial charge is 0.0297 e. The van der Waals surface area contributed by atoms with Crippen LogP contribution < -0.4 is 5.73 Å². The molecule has 0 aliphatic carbocycles. The Bertz CT molecular complexity index is 302. The number of rotatable bonds is 4. The third-order valence-corrected chi connectivity index (χ3v) is 3.00. The molecule has 0 spiro atoms. The summed E-state index contributed by atoms with van der Waals surface area (Å²) in [4.78, 5) is 0. The molecule has 3 heteroatoms. The summed E-state index contributed by atoms with van der Waals surface area (Å²) in [6.45, 7) is 4.31. The summed E-state index contributed by atoms with van der Waals surface area (Å²) in [5.41, 5.74) is 8.69. The predicted octanol–water partition coefficient (Wildman–Crippen LogP) is 4.37. The number of hydrogen-bond donors (Lipinski definition) is 1.